The Labute approximate surface area is 251 Å². The van der Waals surface area contributed by atoms with Gasteiger partial charge in [0, 0.05) is 52.7 Å². The average Bonchev–Trinajstić information content (AvgIpc) is 3.63. The topological polar surface area (TPSA) is 144 Å². The van der Waals surface area contributed by atoms with Crippen molar-refractivity contribution in [2.75, 3.05) is 6.54 Å². The maximum atomic E-state index is 12.6. The second-order valence-corrected chi connectivity index (χ2v) is 11.7. The Morgan fingerprint density at radius 2 is 1.60 bits per heavy atom. The molecule has 0 unspecified atom stereocenters. The highest BCUT2D eigenvalue weighted by molar-refractivity contribution is 6.02. The van der Waals surface area contributed by atoms with Gasteiger partial charge in [0.25, 0.3) is 0 Å². The van der Waals surface area contributed by atoms with Gasteiger partial charge >= 0.3 is 11.9 Å². The highest BCUT2D eigenvalue weighted by Gasteiger charge is 2.32. The van der Waals surface area contributed by atoms with Crippen LogP contribution in [-0.4, -0.2) is 48.6 Å². The molecule has 0 radical (unpaired) electrons. The molecule has 2 aliphatic heterocycles. The van der Waals surface area contributed by atoms with E-state index in [1.165, 1.54) is 5.56 Å². The van der Waals surface area contributed by atoms with E-state index in [0.29, 0.717) is 35.1 Å². The number of nitrogens with one attached hydrogen (secondary N) is 3. The number of aliphatic carboxylic acids is 1. The van der Waals surface area contributed by atoms with Crippen LogP contribution in [0.1, 0.15) is 114 Å². The van der Waals surface area contributed by atoms with Crippen molar-refractivity contribution in [3.05, 3.63) is 68.8 Å². The minimum absolute atomic E-state index is 0.000541. The Morgan fingerprint density at radius 3 is 2.26 bits per heavy atom. The van der Waals surface area contributed by atoms with Gasteiger partial charge in [-0.25, -0.2) is 9.78 Å². The fraction of sp³-hybridized carbons (Fsp3) is 0.412. The van der Waals surface area contributed by atoms with E-state index in [4.69, 9.17) is 9.97 Å². The summed E-state index contributed by atoms with van der Waals surface area (Å²) in [4.78, 5) is 41.4. The first-order valence-electron chi connectivity index (χ1n) is 15.1. The summed E-state index contributed by atoms with van der Waals surface area (Å²) < 4.78 is 0. The van der Waals surface area contributed by atoms with Crippen LogP contribution in [0.5, 0.6) is 0 Å². The molecule has 2 atom stereocenters. The normalized spacial score (nSPS) is 16.6. The third-order valence-corrected chi connectivity index (χ3v) is 9.20. The molecule has 3 aromatic heterocycles. The lowest BCUT2D eigenvalue weighted by Crippen LogP contribution is -2.12. The third-order valence-electron chi connectivity index (χ3n) is 9.20. The molecule has 5 N–H and O–H groups in total. The van der Waals surface area contributed by atoms with E-state index in [1.54, 1.807) is 0 Å². The summed E-state index contributed by atoms with van der Waals surface area (Å²) in [6.45, 7) is 15.7. The second-order valence-electron chi connectivity index (χ2n) is 11.7. The summed E-state index contributed by atoms with van der Waals surface area (Å²) in [6.07, 6.45) is 1.19. The molecule has 0 fully saturated rings. The lowest BCUT2D eigenvalue weighted by molar-refractivity contribution is -0.137. The quantitative estimate of drug-likeness (QED) is 0.190. The van der Waals surface area contributed by atoms with Gasteiger partial charge in [-0.3, -0.25) is 9.78 Å². The number of aryl methyl sites for hydroxylation is 3. The van der Waals surface area contributed by atoms with Gasteiger partial charge in [0.05, 0.1) is 22.5 Å². The van der Waals surface area contributed by atoms with E-state index in [0.717, 1.165) is 63.5 Å². The summed E-state index contributed by atoms with van der Waals surface area (Å²) in [5.74, 6) is -2.12. The number of hydrogen-bond donors (Lipinski definition) is 5. The van der Waals surface area contributed by atoms with Crippen LogP contribution in [0.25, 0.3) is 33.2 Å². The molecule has 0 aromatic carbocycles. The number of nitrogens with zero attached hydrogens (tertiary/aromatic N) is 2. The number of aromatic amines is 2. The third kappa shape index (κ3) is 5.38. The van der Waals surface area contributed by atoms with Crippen molar-refractivity contribution in [2.24, 2.45) is 0 Å². The molecule has 0 aliphatic carbocycles. The number of aromatic carboxylic acids is 1. The summed E-state index contributed by atoms with van der Waals surface area (Å²) >= 11 is 0. The van der Waals surface area contributed by atoms with Crippen molar-refractivity contribution in [2.45, 2.75) is 86.1 Å². The van der Waals surface area contributed by atoms with Crippen LogP contribution in [0.4, 0.5) is 0 Å². The van der Waals surface area contributed by atoms with E-state index in [9.17, 15) is 19.8 Å². The molecule has 8 bridgehead atoms. The Kier molecular flexibility index (Phi) is 8.29. The molecule has 9 nitrogen and oxygen atoms in total. The summed E-state index contributed by atoms with van der Waals surface area (Å²) in [7, 11) is 0. The predicted molar refractivity (Wildman–Crippen MR) is 170 cm³/mol. The number of carboxylic acid groups (broad SMARTS) is 2. The summed E-state index contributed by atoms with van der Waals surface area (Å²) in [5.41, 5.74) is 12.4. The van der Waals surface area contributed by atoms with E-state index in [-0.39, 0.29) is 23.8 Å². The monoisotopic (exact) mass is 583 g/mol. The molecule has 0 amide bonds. The molecule has 2 aliphatic rings. The number of carboxylic acids is 2. The van der Waals surface area contributed by atoms with Gasteiger partial charge in [0.2, 0.25) is 0 Å². The van der Waals surface area contributed by atoms with Crippen LogP contribution >= 0.6 is 0 Å². The number of fused-ring (bicyclic) bond motifs is 8. The second kappa shape index (κ2) is 11.8. The lowest BCUT2D eigenvalue weighted by atomic mass is 9.86. The summed E-state index contributed by atoms with van der Waals surface area (Å²) in [5, 5.41) is 23.3. The molecule has 5 heterocycles. The predicted octanol–water partition coefficient (Wildman–Crippen LogP) is 7.14. The van der Waals surface area contributed by atoms with Crippen molar-refractivity contribution in [1.82, 2.24) is 25.3 Å². The first-order chi connectivity index (χ1) is 20.5. The zero-order chi connectivity index (χ0) is 31.2. The van der Waals surface area contributed by atoms with Crippen molar-refractivity contribution in [3.63, 3.8) is 0 Å². The first-order valence-corrected chi connectivity index (χ1v) is 15.1. The molecule has 0 spiro atoms. The van der Waals surface area contributed by atoms with Gasteiger partial charge in [-0.15, -0.1) is 0 Å². The molecule has 226 valence electrons. The van der Waals surface area contributed by atoms with Gasteiger partial charge in [0.1, 0.15) is 0 Å². The zero-order valence-electron chi connectivity index (χ0n) is 26.0. The lowest BCUT2D eigenvalue weighted by Gasteiger charge is -2.16. The Morgan fingerprint density at radius 1 is 0.907 bits per heavy atom. The maximum Gasteiger partial charge on any atom is 0.338 e. The molecule has 9 heteroatoms. The first kappa shape index (κ1) is 30.2. The minimum atomic E-state index is -1.02. The molecule has 43 heavy (non-hydrogen) atoms. The van der Waals surface area contributed by atoms with Gasteiger partial charge in [-0.05, 0) is 98.7 Å². The Balaban J connectivity index is 1.96. The van der Waals surface area contributed by atoms with Crippen molar-refractivity contribution >= 4 is 45.2 Å². The van der Waals surface area contributed by atoms with Crippen LogP contribution < -0.4 is 5.32 Å². The molecule has 5 rings (SSSR count). The van der Waals surface area contributed by atoms with Crippen LogP contribution in [-0.2, 0) is 11.3 Å². The standard InChI is InChI=1S/C34H41N5O4/c1-8-21-16(3)25-13-29-23(15-35-9-2)18(5)24(37-29)12-26-17(4)22(10-11-30(40)41)32(38-26)20(7)33-31(34(42)43)19(6)27(39-33)14-28(21)36-25/h12-14,17,22,35,37,39H,8-11,15H2,1-7H3,(H,40,41)(H,42,43)/t17-,22-/m0/s1. The van der Waals surface area contributed by atoms with Crippen molar-refractivity contribution < 1.29 is 19.8 Å². The molecular formula is C34H41N5O4. The van der Waals surface area contributed by atoms with Gasteiger partial charge in [-0.2, -0.15) is 0 Å². The van der Waals surface area contributed by atoms with Crippen LogP contribution in [0.2, 0.25) is 0 Å². The number of hydrogen-bond acceptors (Lipinski definition) is 5. The molecule has 0 saturated carbocycles. The van der Waals surface area contributed by atoms with Gasteiger partial charge < -0.3 is 25.5 Å². The van der Waals surface area contributed by atoms with E-state index < -0.39 is 11.9 Å². The van der Waals surface area contributed by atoms with Crippen molar-refractivity contribution in [3.8, 4) is 0 Å². The average molecular weight is 584 g/mol. The Hall–Kier alpha value is -4.24. The van der Waals surface area contributed by atoms with E-state index in [1.807, 2.05) is 19.9 Å². The highest BCUT2D eigenvalue weighted by atomic mass is 16.4. The van der Waals surface area contributed by atoms with E-state index in [2.05, 4.69) is 62.0 Å². The van der Waals surface area contributed by atoms with Gasteiger partial charge in [0.15, 0.2) is 0 Å². The fourth-order valence-electron chi connectivity index (χ4n) is 6.57. The zero-order valence-corrected chi connectivity index (χ0v) is 26.0. The largest absolute Gasteiger partial charge is 0.481 e. The number of rotatable bonds is 8. The number of allylic oxidation sites excluding steroid dienone is 2. The van der Waals surface area contributed by atoms with Crippen LogP contribution in [0.15, 0.2) is 18.2 Å². The van der Waals surface area contributed by atoms with E-state index >= 15 is 0 Å². The maximum absolute atomic E-state index is 12.6. The van der Waals surface area contributed by atoms with Crippen LogP contribution in [0.3, 0.4) is 0 Å². The molecule has 0 saturated heterocycles. The van der Waals surface area contributed by atoms with Crippen LogP contribution in [0, 0.1) is 20.8 Å². The number of H-pyrrole nitrogens is 2. The Bertz CT molecular complexity index is 1830. The fourth-order valence-corrected chi connectivity index (χ4v) is 6.57. The van der Waals surface area contributed by atoms with Crippen molar-refractivity contribution in [1.29, 1.82) is 0 Å². The number of aromatic nitrogens is 4. The SMILES string of the molecule is CCNCc1c(C)c2cc3nc(c(C)c4[nH]c(cc5nc(cc1[nH]2)C(C)=C5CC)c(C)c4C(=O)O)[C@@H](CCC(=O)O)[C@@H]3C. The minimum Gasteiger partial charge on any atom is -0.481 e. The summed E-state index contributed by atoms with van der Waals surface area (Å²) in [6, 6.07) is 6.12. The highest BCUT2D eigenvalue weighted by Crippen LogP contribution is 2.42. The molecule has 3 aromatic rings. The molecular weight excluding hydrogens is 542 g/mol. The number of carbonyl (C=O) groups is 2. The smallest absolute Gasteiger partial charge is 0.338 e. The van der Waals surface area contributed by atoms with Gasteiger partial charge in [-0.1, -0.05) is 20.8 Å².